The normalized spacial score (nSPS) is 14.8. The number of carbonyl (C=O) groups is 3. The maximum absolute atomic E-state index is 13.4. The first kappa shape index (κ1) is 35.3. The second-order valence-electron chi connectivity index (χ2n) is 12.1. The van der Waals surface area contributed by atoms with Crippen LogP contribution in [0.5, 0.6) is 0 Å². The van der Waals surface area contributed by atoms with Crippen LogP contribution in [0.1, 0.15) is 60.5 Å². The smallest absolute Gasteiger partial charge is 0.315 e. The fraction of sp³-hybridized carbons (Fsp3) is 0.654. The third-order valence-electron chi connectivity index (χ3n) is 6.32. The molecule has 0 aliphatic rings. The van der Waals surface area contributed by atoms with Crippen LogP contribution in [0, 0.1) is 6.92 Å². The Morgan fingerprint density at radius 1 is 1.07 bits per heavy atom. The molecule has 1 amide bonds. The van der Waals surface area contributed by atoms with Gasteiger partial charge in [-0.2, -0.15) is 8.42 Å². The van der Waals surface area contributed by atoms with Crippen LogP contribution in [-0.4, -0.2) is 64.8 Å². The summed E-state index contributed by atoms with van der Waals surface area (Å²) in [4.78, 5) is 41.1. The van der Waals surface area contributed by atoms with Gasteiger partial charge in [-0.1, -0.05) is 43.6 Å². The van der Waals surface area contributed by atoms with Gasteiger partial charge >= 0.3 is 5.97 Å². The Morgan fingerprint density at radius 2 is 1.62 bits per heavy atom. The minimum Gasteiger partial charge on any atom is -0.460 e. The Kier molecular flexibility index (Phi) is 12.1. The first-order valence-electron chi connectivity index (χ1n) is 12.8. The van der Waals surface area contributed by atoms with Gasteiger partial charge in [0.1, 0.15) is 24.3 Å². The molecule has 0 fully saturated rings. The number of hydrogen-bond acceptors (Lipinski definition) is 9. The molecule has 14 heteroatoms. The van der Waals surface area contributed by atoms with Gasteiger partial charge in [0.05, 0.1) is 11.0 Å². The van der Waals surface area contributed by atoms with E-state index in [1.165, 1.54) is 19.1 Å². The summed E-state index contributed by atoms with van der Waals surface area (Å²) in [6.45, 7) is 16.7. The van der Waals surface area contributed by atoms with Gasteiger partial charge in [-0.25, -0.2) is 0 Å². The number of hydrogen-bond donors (Lipinski definition) is 1. The number of nitrogens with one attached hydrogen (secondary N) is 1. The number of ether oxygens (including phenoxy) is 1. The molecule has 40 heavy (non-hydrogen) atoms. The second-order valence-corrected chi connectivity index (χ2v) is 18.5. The number of amides is 1. The third-order valence-corrected chi connectivity index (χ3v) is 12.1. The monoisotopic (exact) mass is 598 g/mol. The lowest BCUT2D eigenvalue weighted by molar-refractivity contribution is -0.157. The number of ketones is 1. The van der Waals surface area contributed by atoms with Gasteiger partial charge in [-0.05, 0) is 69.9 Å². The number of aryl methyl sites for hydroxylation is 1. The number of Topliss-reactive ketones (excluding diaryl/α,β-unsaturated/α-hetero) is 1. The van der Waals surface area contributed by atoms with Crippen molar-refractivity contribution in [1.82, 2.24) is 5.32 Å². The molecule has 3 atom stereocenters. The average molecular weight is 599 g/mol. The van der Waals surface area contributed by atoms with Gasteiger partial charge in [0.2, 0.25) is 5.91 Å². The molecule has 1 rings (SSSR count). The number of azide groups is 1. The number of nitrogens with zero attached hydrogens (tertiary/aromatic N) is 3. The summed E-state index contributed by atoms with van der Waals surface area (Å²) in [6, 6.07) is 3.09. The van der Waals surface area contributed by atoms with Crippen LogP contribution >= 0.6 is 0 Å². The van der Waals surface area contributed by atoms with E-state index in [9.17, 15) is 22.8 Å². The number of rotatable bonds is 13. The van der Waals surface area contributed by atoms with Crippen molar-refractivity contribution in [2.24, 2.45) is 5.11 Å². The average Bonchev–Trinajstić information content (AvgIpc) is 2.78. The first-order valence-corrected chi connectivity index (χ1v) is 17.1. The highest BCUT2D eigenvalue weighted by Crippen LogP contribution is 2.38. The third kappa shape index (κ3) is 11.0. The predicted molar refractivity (Wildman–Crippen MR) is 152 cm³/mol. The quantitative estimate of drug-likeness (QED) is 0.0857. The van der Waals surface area contributed by atoms with Crippen molar-refractivity contribution in [3.8, 4) is 0 Å². The summed E-state index contributed by atoms with van der Waals surface area (Å²) in [5, 5.41) is 5.76. The molecule has 0 spiro atoms. The van der Waals surface area contributed by atoms with Crippen molar-refractivity contribution in [2.75, 3.05) is 6.61 Å². The Hall–Kier alpha value is -2.77. The molecular formula is C26H42N4O8SSi. The van der Waals surface area contributed by atoms with Gasteiger partial charge in [-0.15, -0.1) is 0 Å². The standard InChI is InChI=1S/C26H42N4O8SSi/c1-17-11-13-19(14-12-17)39(34,35)36-16-21(32)23(28-18(2)31)22(38-40(9,10)26(6,7)8)15-20(29-30-27)24(33)37-25(3,4)5/h11-14,20,22-23H,15-16H2,1-10H3,(H,28,31)/t20-,22-,23-/m0/s1. The Morgan fingerprint density at radius 3 is 2.08 bits per heavy atom. The molecule has 0 unspecified atom stereocenters. The van der Waals surface area contributed by atoms with Crippen molar-refractivity contribution >= 4 is 36.1 Å². The van der Waals surface area contributed by atoms with E-state index in [2.05, 4.69) is 15.3 Å². The molecule has 224 valence electrons. The van der Waals surface area contributed by atoms with Crippen molar-refractivity contribution in [2.45, 2.75) is 109 Å². The van der Waals surface area contributed by atoms with E-state index in [1.54, 1.807) is 39.8 Å². The van der Waals surface area contributed by atoms with Crippen LogP contribution in [0.15, 0.2) is 34.3 Å². The molecule has 0 aliphatic heterocycles. The Labute approximate surface area is 238 Å². The molecule has 0 saturated heterocycles. The van der Waals surface area contributed by atoms with Crippen LogP contribution in [0.4, 0.5) is 0 Å². The first-order chi connectivity index (χ1) is 18.1. The SMILES string of the molecule is CC(=O)N[C@@H](C(=O)COS(=O)(=O)c1ccc(C)cc1)[C@H](C[C@H](N=[N+]=[N-])C(=O)OC(C)(C)C)O[Si](C)(C)C(C)(C)C. The van der Waals surface area contributed by atoms with Crippen molar-refractivity contribution in [3.05, 3.63) is 40.3 Å². The second kappa shape index (κ2) is 13.7. The molecule has 1 N–H and O–H groups in total. The van der Waals surface area contributed by atoms with E-state index in [4.69, 9.17) is 18.9 Å². The molecule has 0 aromatic heterocycles. The van der Waals surface area contributed by atoms with Gasteiger partial charge in [0.25, 0.3) is 10.1 Å². The van der Waals surface area contributed by atoms with E-state index in [1.807, 2.05) is 33.9 Å². The van der Waals surface area contributed by atoms with E-state index in [-0.39, 0.29) is 16.4 Å². The van der Waals surface area contributed by atoms with Crippen LogP contribution in [0.25, 0.3) is 10.4 Å². The van der Waals surface area contributed by atoms with E-state index in [0.29, 0.717) is 0 Å². The fourth-order valence-electron chi connectivity index (χ4n) is 3.25. The molecule has 0 radical (unpaired) electrons. The van der Waals surface area contributed by atoms with Crippen LogP contribution in [0.2, 0.25) is 18.1 Å². The van der Waals surface area contributed by atoms with Gasteiger partial charge in [0, 0.05) is 11.8 Å². The highest BCUT2D eigenvalue weighted by Gasteiger charge is 2.44. The highest BCUT2D eigenvalue weighted by atomic mass is 32.2. The van der Waals surface area contributed by atoms with Crippen molar-refractivity contribution in [3.63, 3.8) is 0 Å². The number of carbonyl (C=O) groups excluding carboxylic acids is 3. The summed E-state index contributed by atoms with van der Waals surface area (Å²) in [5.74, 6) is -2.24. The molecule has 1 aromatic carbocycles. The zero-order chi connectivity index (χ0) is 31.1. The number of esters is 1. The predicted octanol–water partition coefficient (Wildman–Crippen LogP) is 4.58. The molecular weight excluding hydrogens is 556 g/mol. The largest absolute Gasteiger partial charge is 0.460 e. The van der Waals surface area contributed by atoms with Crippen LogP contribution < -0.4 is 5.32 Å². The van der Waals surface area contributed by atoms with Crippen LogP contribution in [-0.2, 0) is 37.8 Å². The molecule has 12 nitrogen and oxygen atoms in total. The highest BCUT2D eigenvalue weighted by molar-refractivity contribution is 7.86. The minimum atomic E-state index is -4.29. The summed E-state index contributed by atoms with van der Waals surface area (Å²) in [5.41, 5.74) is 9.10. The van der Waals surface area contributed by atoms with Crippen molar-refractivity contribution in [1.29, 1.82) is 0 Å². The maximum atomic E-state index is 13.4. The van der Waals surface area contributed by atoms with E-state index < -0.39 is 66.5 Å². The maximum Gasteiger partial charge on any atom is 0.315 e. The molecule has 0 bridgehead atoms. The summed E-state index contributed by atoms with van der Waals surface area (Å²) < 4.78 is 42.3. The Bertz CT molecular complexity index is 1210. The van der Waals surface area contributed by atoms with E-state index in [0.717, 1.165) is 5.56 Å². The van der Waals surface area contributed by atoms with Crippen molar-refractivity contribution < 1.29 is 36.1 Å². The lowest BCUT2D eigenvalue weighted by atomic mass is 9.99. The molecule has 0 aliphatic carbocycles. The lowest BCUT2D eigenvalue weighted by Crippen LogP contribution is -2.56. The summed E-state index contributed by atoms with van der Waals surface area (Å²) in [6.07, 6.45) is -1.49. The molecule has 0 heterocycles. The lowest BCUT2D eigenvalue weighted by Gasteiger charge is -2.41. The molecule has 1 aromatic rings. The topological polar surface area (TPSA) is 174 Å². The zero-order valence-electron chi connectivity index (χ0n) is 25.0. The van der Waals surface area contributed by atoms with Gasteiger partial charge in [0.15, 0.2) is 14.1 Å². The summed E-state index contributed by atoms with van der Waals surface area (Å²) >= 11 is 0. The minimum absolute atomic E-state index is 0.135. The fourth-order valence-corrected chi connectivity index (χ4v) is 5.47. The van der Waals surface area contributed by atoms with Gasteiger partial charge in [-0.3, -0.25) is 18.6 Å². The van der Waals surface area contributed by atoms with E-state index >= 15 is 0 Å². The van der Waals surface area contributed by atoms with Gasteiger partial charge < -0.3 is 14.5 Å². The Balaban J connectivity index is 3.46. The molecule has 0 saturated carbocycles. The number of benzene rings is 1. The zero-order valence-corrected chi connectivity index (χ0v) is 26.8. The van der Waals surface area contributed by atoms with Crippen LogP contribution in [0.3, 0.4) is 0 Å². The summed E-state index contributed by atoms with van der Waals surface area (Å²) in [7, 11) is -6.96.